The van der Waals surface area contributed by atoms with Crippen LogP contribution in [0.15, 0.2) is 23.2 Å². The average molecular weight is 256 g/mol. The lowest BCUT2D eigenvalue weighted by Gasteiger charge is -2.09. The van der Waals surface area contributed by atoms with Crippen LogP contribution >= 0.6 is 0 Å². The Morgan fingerprint density at radius 3 is 2.71 bits per heavy atom. The zero-order valence-corrected chi connectivity index (χ0v) is 11.3. The molecule has 0 aliphatic heterocycles. The van der Waals surface area contributed by atoms with Crippen molar-refractivity contribution in [3.05, 3.63) is 18.3 Å². The highest BCUT2D eigenvalue weighted by Gasteiger charge is 2.12. The van der Waals surface area contributed by atoms with Gasteiger partial charge >= 0.3 is 0 Å². The third-order valence-corrected chi connectivity index (χ3v) is 3.62. The molecule has 1 aromatic rings. The molecule has 0 spiro atoms. The Hall–Kier alpha value is -1.10. The van der Waals surface area contributed by atoms with Gasteiger partial charge in [0.1, 0.15) is 10.7 Å². The smallest absolute Gasteiger partial charge is 0.179 e. The van der Waals surface area contributed by atoms with Crippen molar-refractivity contribution in [2.45, 2.75) is 37.5 Å². The van der Waals surface area contributed by atoms with E-state index in [4.69, 9.17) is 0 Å². The Balaban J connectivity index is 2.59. The lowest BCUT2D eigenvalue weighted by Crippen LogP contribution is -2.09. The molecule has 1 rings (SSSR count). The molecule has 17 heavy (non-hydrogen) atoms. The van der Waals surface area contributed by atoms with E-state index >= 15 is 0 Å². The van der Waals surface area contributed by atoms with Crippen LogP contribution in [-0.4, -0.2) is 26.2 Å². The first-order valence-electron chi connectivity index (χ1n) is 5.94. The van der Waals surface area contributed by atoms with Gasteiger partial charge in [0.2, 0.25) is 0 Å². The molecule has 0 radical (unpaired) electrons. The third-order valence-electron chi connectivity index (χ3n) is 2.49. The van der Waals surface area contributed by atoms with Gasteiger partial charge in [-0.15, -0.1) is 0 Å². The molecule has 5 heteroatoms. The normalized spacial score (nSPS) is 11.4. The highest BCUT2D eigenvalue weighted by molar-refractivity contribution is 7.90. The predicted octanol–water partition coefficient (Wildman–Crippen LogP) is 2.48. The fourth-order valence-electron chi connectivity index (χ4n) is 1.58. The second-order valence-electron chi connectivity index (χ2n) is 4.11. The molecule has 0 unspecified atom stereocenters. The van der Waals surface area contributed by atoms with Crippen molar-refractivity contribution >= 4 is 15.7 Å². The molecule has 96 valence electrons. The van der Waals surface area contributed by atoms with Gasteiger partial charge in [-0.05, 0) is 18.6 Å². The van der Waals surface area contributed by atoms with Crippen LogP contribution in [-0.2, 0) is 9.84 Å². The molecular weight excluding hydrogens is 236 g/mol. The van der Waals surface area contributed by atoms with Gasteiger partial charge in [0.05, 0.1) is 0 Å². The first-order chi connectivity index (χ1) is 8.05. The Morgan fingerprint density at radius 1 is 1.29 bits per heavy atom. The summed E-state index contributed by atoms with van der Waals surface area (Å²) in [6.45, 7) is 2.92. The quantitative estimate of drug-likeness (QED) is 0.761. The lowest BCUT2D eigenvalue weighted by atomic mass is 10.2. The molecule has 0 bridgehead atoms. The summed E-state index contributed by atoms with van der Waals surface area (Å²) in [5.74, 6) is 0.464. The van der Waals surface area contributed by atoms with Crippen LogP contribution in [0.5, 0.6) is 0 Å². The van der Waals surface area contributed by atoms with Crippen molar-refractivity contribution < 1.29 is 8.42 Å². The SMILES string of the molecule is CCCCCCNc1ncccc1S(C)(=O)=O. The van der Waals surface area contributed by atoms with Crippen LogP contribution in [0.1, 0.15) is 32.6 Å². The number of unbranched alkanes of at least 4 members (excludes halogenated alkanes) is 3. The number of anilines is 1. The summed E-state index contributed by atoms with van der Waals surface area (Å²) >= 11 is 0. The number of hydrogen-bond acceptors (Lipinski definition) is 4. The minimum absolute atomic E-state index is 0.274. The number of aromatic nitrogens is 1. The van der Waals surface area contributed by atoms with E-state index in [1.807, 2.05) is 0 Å². The van der Waals surface area contributed by atoms with E-state index in [1.54, 1.807) is 18.3 Å². The monoisotopic (exact) mass is 256 g/mol. The first kappa shape index (κ1) is 14.0. The second kappa shape index (κ2) is 6.59. The van der Waals surface area contributed by atoms with E-state index in [-0.39, 0.29) is 4.90 Å². The second-order valence-corrected chi connectivity index (χ2v) is 6.09. The highest BCUT2D eigenvalue weighted by Crippen LogP contribution is 2.17. The number of nitrogens with one attached hydrogen (secondary N) is 1. The zero-order chi connectivity index (χ0) is 12.7. The van der Waals surface area contributed by atoms with Gasteiger partial charge in [-0.1, -0.05) is 26.2 Å². The van der Waals surface area contributed by atoms with Crippen molar-refractivity contribution in [2.24, 2.45) is 0 Å². The van der Waals surface area contributed by atoms with E-state index in [0.29, 0.717) is 5.82 Å². The molecule has 1 N–H and O–H groups in total. The molecule has 0 aliphatic rings. The largest absolute Gasteiger partial charge is 0.369 e. The van der Waals surface area contributed by atoms with Crippen molar-refractivity contribution in [3.8, 4) is 0 Å². The molecule has 0 saturated carbocycles. The molecule has 4 nitrogen and oxygen atoms in total. The maximum Gasteiger partial charge on any atom is 0.179 e. The van der Waals surface area contributed by atoms with Crippen LogP contribution in [0.4, 0.5) is 5.82 Å². The number of nitrogens with zero attached hydrogens (tertiary/aromatic N) is 1. The topological polar surface area (TPSA) is 59.1 Å². The minimum atomic E-state index is -3.21. The van der Waals surface area contributed by atoms with Crippen LogP contribution < -0.4 is 5.32 Å². The zero-order valence-electron chi connectivity index (χ0n) is 10.4. The Morgan fingerprint density at radius 2 is 2.06 bits per heavy atom. The van der Waals surface area contributed by atoms with Crippen molar-refractivity contribution in [1.29, 1.82) is 0 Å². The standard InChI is InChI=1S/C12H20N2O2S/c1-3-4-5-6-9-13-12-11(17(2,15)16)8-7-10-14-12/h7-8,10H,3-6,9H2,1-2H3,(H,13,14). The number of hydrogen-bond donors (Lipinski definition) is 1. The van der Waals surface area contributed by atoms with E-state index in [2.05, 4.69) is 17.2 Å². The summed E-state index contributed by atoms with van der Waals surface area (Å²) in [6, 6.07) is 3.22. The van der Waals surface area contributed by atoms with Gasteiger partial charge in [-0.3, -0.25) is 0 Å². The van der Waals surface area contributed by atoms with E-state index < -0.39 is 9.84 Å². The molecule has 0 amide bonds. The molecule has 1 aromatic heterocycles. The summed E-state index contributed by atoms with van der Waals surface area (Å²) in [7, 11) is -3.21. The summed E-state index contributed by atoms with van der Waals surface area (Å²) in [6.07, 6.45) is 7.40. The molecule has 0 aliphatic carbocycles. The van der Waals surface area contributed by atoms with E-state index in [9.17, 15) is 8.42 Å². The number of sulfone groups is 1. The molecule has 0 saturated heterocycles. The minimum Gasteiger partial charge on any atom is -0.369 e. The fraction of sp³-hybridized carbons (Fsp3) is 0.583. The van der Waals surface area contributed by atoms with Gasteiger partial charge in [-0.2, -0.15) is 0 Å². The Labute approximate surface area is 103 Å². The van der Waals surface area contributed by atoms with Crippen LogP contribution in [0, 0.1) is 0 Å². The number of rotatable bonds is 7. The molecular formula is C12H20N2O2S. The van der Waals surface area contributed by atoms with Crippen molar-refractivity contribution in [1.82, 2.24) is 4.98 Å². The summed E-state index contributed by atoms with van der Waals surface area (Å²) in [5, 5.41) is 3.09. The Kier molecular flexibility index (Phi) is 5.41. The van der Waals surface area contributed by atoms with Gasteiger partial charge in [-0.25, -0.2) is 13.4 Å². The molecule has 0 atom stereocenters. The van der Waals surface area contributed by atoms with E-state index in [0.717, 1.165) is 19.4 Å². The van der Waals surface area contributed by atoms with Crippen LogP contribution in [0.2, 0.25) is 0 Å². The van der Waals surface area contributed by atoms with Crippen LogP contribution in [0.3, 0.4) is 0 Å². The van der Waals surface area contributed by atoms with Crippen molar-refractivity contribution in [3.63, 3.8) is 0 Å². The maximum atomic E-state index is 11.5. The molecule has 0 fully saturated rings. The van der Waals surface area contributed by atoms with Gasteiger partial charge in [0, 0.05) is 19.0 Å². The number of pyridine rings is 1. The third kappa shape index (κ3) is 4.73. The summed E-state index contributed by atoms with van der Waals surface area (Å²) < 4.78 is 23.0. The van der Waals surface area contributed by atoms with Gasteiger partial charge < -0.3 is 5.32 Å². The van der Waals surface area contributed by atoms with Gasteiger partial charge in [0.25, 0.3) is 0 Å². The average Bonchev–Trinajstić information content (AvgIpc) is 2.28. The van der Waals surface area contributed by atoms with Crippen molar-refractivity contribution in [2.75, 3.05) is 18.1 Å². The Bertz CT molecular complexity index is 444. The summed E-state index contributed by atoms with van der Waals surface area (Å²) in [4.78, 5) is 4.35. The van der Waals surface area contributed by atoms with E-state index in [1.165, 1.54) is 19.1 Å². The lowest BCUT2D eigenvalue weighted by molar-refractivity contribution is 0.601. The predicted molar refractivity (Wildman–Crippen MR) is 70.0 cm³/mol. The molecule has 0 aromatic carbocycles. The van der Waals surface area contributed by atoms with Gasteiger partial charge in [0.15, 0.2) is 9.84 Å². The fourth-order valence-corrected chi connectivity index (χ4v) is 2.38. The maximum absolute atomic E-state index is 11.5. The first-order valence-corrected chi connectivity index (χ1v) is 7.83. The molecule has 1 heterocycles. The summed E-state index contributed by atoms with van der Waals surface area (Å²) in [5.41, 5.74) is 0. The highest BCUT2D eigenvalue weighted by atomic mass is 32.2. The van der Waals surface area contributed by atoms with Crippen LogP contribution in [0.25, 0.3) is 0 Å².